The topological polar surface area (TPSA) is 160 Å². The number of rotatable bonds is 21. The highest BCUT2D eigenvalue weighted by Gasteiger charge is 2.38. The Morgan fingerprint density at radius 1 is 0.617 bits per heavy atom. The Labute approximate surface area is 357 Å². The van der Waals surface area contributed by atoms with Gasteiger partial charge in [0.1, 0.15) is 29.5 Å². The molecule has 0 heterocycles. The Balaban J connectivity index is 1.47. The second-order valence-electron chi connectivity index (χ2n) is 15.6. The van der Waals surface area contributed by atoms with Crippen LogP contribution in [0.15, 0.2) is 146 Å². The molecule has 5 rings (SSSR count). The van der Waals surface area contributed by atoms with Gasteiger partial charge in [-0.05, 0) is 105 Å². The monoisotopic (exact) mass is 828 g/mol. The largest absolute Gasteiger partial charge is 0.488 e. The molecule has 0 aliphatic carbocycles. The maximum Gasteiger partial charge on any atom is 0.326 e. The maximum absolute atomic E-state index is 14.6. The minimum Gasteiger partial charge on any atom is -0.488 e. The Bertz CT molecular complexity index is 2020. The number of carbonyl (C=O) groups excluding carboxylic acids is 3. The van der Waals surface area contributed by atoms with Crippen molar-refractivity contribution in [2.75, 3.05) is 12.3 Å². The molecule has 0 saturated carbocycles. The number of hydrogen-bond acceptors (Lipinski definition) is 7. The third-order valence-corrected chi connectivity index (χ3v) is 11.5. The molecule has 5 aromatic carbocycles. The molecule has 0 aliphatic heterocycles. The van der Waals surface area contributed by atoms with E-state index in [1.54, 1.807) is 54.2 Å². The van der Waals surface area contributed by atoms with E-state index in [1.807, 2.05) is 87.5 Å². The van der Waals surface area contributed by atoms with Gasteiger partial charge in [-0.3, -0.25) is 14.4 Å². The van der Waals surface area contributed by atoms with E-state index in [4.69, 9.17) is 10.5 Å². The third kappa shape index (κ3) is 12.8. The van der Waals surface area contributed by atoms with E-state index in [0.717, 1.165) is 16.7 Å². The second-order valence-corrected chi connectivity index (χ2v) is 16.9. The van der Waals surface area contributed by atoms with Gasteiger partial charge in [0.2, 0.25) is 11.8 Å². The van der Waals surface area contributed by atoms with Gasteiger partial charge in [0.25, 0.3) is 5.91 Å². The standard InChI is InChI=1S/C49H56N4O6S/c1-48(2,3)59-40-29-27-35(28-30-40)34-43(46(56)52-42(47(57)58)26-16-17-32-50)53-45(55)41(51-44(54)36-18-8-4-9-19-36)31-33-60-49(37-20-10-5-11-21-37,38-22-12-6-13-23-38)39-24-14-7-15-25-39/h4-15,18-25,27-30,41-43H,16-17,26,31-34,50H2,1-3H3,(H,51,54)(H,52,56)(H,53,55)(H,57,58)/t41-,42-,43-/m0/s1. The maximum atomic E-state index is 14.6. The molecular formula is C49H56N4O6S. The van der Waals surface area contributed by atoms with Gasteiger partial charge in [0.05, 0.1) is 4.75 Å². The van der Waals surface area contributed by atoms with Crippen LogP contribution in [0.3, 0.4) is 0 Å². The Morgan fingerprint density at radius 2 is 1.10 bits per heavy atom. The van der Waals surface area contributed by atoms with Gasteiger partial charge in [0, 0.05) is 12.0 Å². The first-order valence-corrected chi connectivity index (χ1v) is 21.4. The number of ether oxygens (including phenoxy) is 1. The highest BCUT2D eigenvalue weighted by molar-refractivity contribution is 8.00. The van der Waals surface area contributed by atoms with E-state index < -0.39 is 52.2 Å². The Morgan fingerprint density at radius 3 is 1.58 bits per heavy atom. The summed E-state index contributed by atoms with van der Waals surface area (Å²) in [5.41, 5.74) is 9.48. The molecule has 0 aromatic heterocycles. The highest BCUT2D eigenvalue weighted by atomic mass is 32.2. The van der Waals surface area contributed by atoms with Crippen molar-refractivity contribution in [3.8, 4) is 5.75 Å². The molecule has 3 amide bonds. The lowest BCUT2D eigenvalue weighted by Crippen LogP contribution is -2.56. The number of nitrogens with one attached hydrogen (secondary N) is 3. The van der Waals surface area contributed by atoms with Crippen LogP contribution in [0.4, 0.5) is 0 Å². The van der Waals surface area contributed by atoms with Crippen LogP contribution in [-0.2, 0) is 25.6 Å². The van der Waals surface area contributed by atoms with E-state index in [0.29, 0.717) is 42.0 Å². The number of thioether (sulfide) groups is 1. The van der Waals surface area contributed by atoms with Crippen molar-refractivity contribution in [3.05, 3.63) is 173 Å². The number of benzene rings is 5. The van der Waals surface area contributed by atoms with Gasteiger partial charge >= 0.3 is 5.97 Å². The van der Waals surface area contributed by atoms with Crippen molar-refractivity contribution >= 4 is 35.5 Å². The van der Waals surface area contributed by atoms with E-state index in [9.17, 15) is 24.3 Å². The van der Waals surface area contributed by atoms with E-state index in [2.05, 4.69) is 52.3 Å². The van der Waals surface area contributed by atoms with Crippen molar-refractivity contribution < 1.29 is 29.0 Å². The van der Waals surface area contributed by atoms with Crippen molar-refractivity contribution in [2.24, 2.45) is 5.73 Å². The van der Waals surface area contributed by atoms with Gasteiger partial charge < -0.3 is 31.5 Å². The third-order valence-electron chi connectivity index (χ3n) is 9.91. The van der Waals surface area contributed by atoms with Crippen LogP contribution in [0.5, 0.6) is 5.75 Å². The summed E-state index contributed by atoms with van der Waals surface area (Å²) in [4.78, 5) is 54.6. The van der Waals surface area contributed by atoms with E-state index in [-0.39, 0.29) is 19.3 Å². The summed E-state index contributed by atoms with van der Waals surface area (Å²) < 4.78 is 5.31. The average Bonchev–Trinajstić information content (AvgIpc) is 3.25. The van der Waals surface area contributed by atoms with E-state index in [1.165, 1.54) is 0 Å². The van der Waals surface area contributed by atoms with Crippen LogP contribution < -0.4 is 26.4 Å². The van der Waals surface area contributed by atoms with Gasteiger partial charge in [0.15, 0.2) is 0 Å². The normalized spacial score (nSPS) is 13.0. The second kappa shape index (κ2) is 21.9. The van der Waals surface area contributed by atoms with Gasteiger partial charge in [-0.1, -0.05) is 121 Å². The number of carboxylic acids is 1. The fraction of sp³-hybridized carbons (Fsp3) is 0.306. The Kier molecular flexibility index (Phi) is 16.5. The molecule has 314 valence electrons. The molecule has 0 radical (unpaired) electrons. The lowest BCUT2D eigenvalue weighted by atomic mass is 9.84. The number of aliphatic carboxylic acids is 1. The quantitative estimate of drug-likeness (QED) is 0.0376. The van der Waals surface area contributed by atoms with Crippen LogP contribution in [0.1, 0.15) is 79.1 Å². The fourth-order valence-electron chi connectivity index (χ4n) is 6.99. The van der Waals surface area contributed by atoms with Crippen molar-refractivity contribution in [1.82, 2.24) is 16.0 Å². The predicted molar refractivity (Wildman–Crippen MR) is 239 cm³/mol. The number of hydrogen-bond donors (Lipinski definition) is 5. The molecule has 0 saturated heterocycles. The highest BCUT2D eigenvalue weighted by Crippen LogP contribution is 2.48. The summed E-state index contributed by atoms with van der Waals surface area (Å²) in [6.45, 7) is 6.23. The van der Waals surface area contributed by atoms with Gasteiger partial charge in [-0.2, -0.15) is 0 Å². The summed E-state index contributed by atoms with van der Waals surface area (Å²) in [5.74, 6) is -1.80. The van der Waals surface area contributed by atoms with Crippen molar-refractivity contribution in [3.63, 3.8) is 0 Å². The zero-order valence-electron chi connectivity index (χ0n) is 34.5. The molecule has 0 fully saturated rings. The zero-order chi connectivity index (χ0) is 43.0. The molecule has 0 bridgehead atoms. The van der Waals surface area contributed by atoms with Crippen LogP contribution in [0.25, 0.3) is 0 Å². The first-order valence-electron chi connectivity index (χ1n) is 20.4. The van der Waals surface area contributed by atoms with Gasteiger partial charge in [-0.25, -0.2) is 4.79 Å². The molecule has 10 nitrogen and oxygen atoms in total. The first-order chi connectivity index (χ1) is 28.9. The summed E-state index contributed by atoms with van der Waals surface area (Å²) in [6.07, 6.45) is 1.53. The number of unbranched alkanes of at least 4 members (excludes halogenated alkanes) is 1. The molecule has 0 unspecified atom stereocenters. The summed E-state index contributed by atoms with van der Waals surface area (Å²) in [7, 11) is 0. The molecule has 3 atom stereocenters. The smallest absolute Gasteiger partial charge is 0.326 e. The molecule has 11 heteroatoms. The number of carboxylic acid groups (broad SMARTS) is 1. The summed E-state index contributed by atoms with van der Waals surface area (Å²) in [5, 5.41) is 18.5. The van der Waals surface area contributed by atoms with Crippen LogP contribution in [0, 0.1) is 0 Å². The van der Waals surface area contributed by atoms with Crippen molar-refractivity contribution in [1.29, 1.82) is 0 Å². The number of amides is 3. The fourth-order valence-corrected chi connectivity index (χ4v) is 8.55. The number of carbonyl (C=O) groups is 4. The Hall–Kier alpha value is -5.91. The molecule has 0 spiro atoms. The molecule has 5 aromatic rings. The van der Waals surface area contributed by atoms with E-state index >= 15 is 0 Å². The minimum absolute atomic E-state index is 0.0513. The summed E-state index contributed by atoms with van der Waals surface area (Å²) >= 11 is 1.65. The van der Waals surface area contributed by atoms with Crippen molar-refractivity contribution in [2.45, 2.75) is 81.3 Å². The molecule has 6 N–H and O–H groups in total. The molecular weight excluding hydrogens is 773 g/mol. The molecule has 0 aliphatic rings. The lowest BCUT2D eigenvalue weighted by molar-refractivity contribution is -0.142. The van der Waals surface area contributed by atoms with Gasteiger partial charge in [-0.15, -0.1) is 11.8 Å². The first kappa shape index (κ1) is 45.2. The molecule has 60 heavy (non-hydrogen) atoms. The van der Waals surface area contributed by atoms with Crippen LogP contribution in [-0.4, -0.2) is 64.8 Å². The average molecular weight is 829 g/mol. The SMILES string of the molecule is CC(C)(C)Oc1ccc(C[C@H](NC(=O)[C@H](CCSC(c2ccccc2)(c2ccccc2)c2ccccc2)NC(=O)c2ccccc2)C(=O)N[C@@H](CCCCN)C(=O)O)cc1. The predicted octanol–water partition coefficient (Wildman–Crippen LogP) is 7.50. The zero-order valence-corrected chi connectivity index (χ0v) is 35.3. The van der Waals surface area contributed by atoms with Crippen LogP contribution >= 0.6 is 11.8 Å². The minimum atomic E-state index is -1.18. The number of nitrogens with two attached hydrogens (primary N) is 1. The lowest BCUT2D eigenvalue weighted by Gasteiger charge is -2.36. The van der Waals surface area contributed by atoms with Crippen LogP contribution in [0.2, 0.25) is 0 Å². The summed E-state index contributed by atoms with van der Waals surface area (Å²) in [6, 6.07) is 43.0.